The van der Waals surface area contributed by atoms with Crippen molar-refractivity contribution in [2.45, 2.75) is 25.8 Å². The molecule has 1 heterocycles. The Morgan fingerprint density at radius 3 is 2.78 bits per heavy atom. The third-order valence-electron chi connectivity index (χ3n) is 4.10. The molecule has 1 aliphatic rings. The van der Waals surface area contributed by atoms with Gasteiger partial charge in [0.15, 0.2) is 9.39 Å². The van der Waals surface area contributed by atoms with E-state index in [2.05, 4.69) is 16.9 Å². The van der Waals surface area contributed by atoms with Crippen molar-refractivity contribution in [2.24, 2.45) is 5.92 Å². The summed E-state index contributed by atoms with van der Waals surface area (Å²) in [6.07, 6.45) is 1.89. The Balaban J connectivity index is 1.75. The monoisotopic (exact) mass is 423 g/mol. The number of ether oxygens (including phenoxy) is 1. The summed E-state index contributed by atoms with van der Waals surface area (Å²) in [5.74, 6) is 0.0414. The average Bonchev–Trinajstić information content (AvgIpc) is 2.92. The Kier molecular flexibility index (Phi) is 4.79. The summed E-state index contributed by atoms with van der Waals surface area (Å²) in [5, 5.41) is 8.17. The SMILES string of the molecule is C=C1CC(COC(=O)c2c(I)nnn2[C@H](C)c2ccccc2)C1. The lowest BCUT2D eigenvalue weighted by Gasteiger charge is -2.27. The van der Waals surface area contributed by atoms with Gasteiger partial charge in [-0.25, -0.2) is 9.48 Å². The Labute approximate surface area is 148 Å². The third kappa shape index (κ3) is 3.46. The van der Waals surface area contributed by atoms with Crippen molar-refractivity contribution in [3.63, 3.8) is 0 Å². The zero-order chi connectivity index (χ0) is 16.4. The van der Waals surface area contributed by atoms with Gasteiger partial charge in [0.25, 0.3) is 0 Å². The van der Waals surface area contributed by atoms with Crippen LogP contribution in [0.2, 0.25) is 0 Å². The van der Waals surface area contributed by atoms with E-state index in [-0.39, 0.29) is 12.0 Å². The Bertz CT molecular complexity index is 719. The van der Waals surface area contributed by atoms with Gasteiger partial charge in [-0.05, 0) is 47.9 Å². The van der Waals surface area contributed by atoms with Gasteiger partial charge >= 0.3 is 5.97 Å². The second kappa shape index (κ2) is 6.82. The normalized spacial score (nSPS) is 16.0. The lowest BCUT2D eigenvalue weighted by atomic mass is 9.82. The molecule has 0 saturated heterocycles. The van der Waals surface area contributed by atoms with Gasteiger partial charge in [-0.15, -0.1) is 5.10 Å². The van der Waals surface area contributed by atoms with Gasteiger partial charge in [-0.3, -0.25) is 0 Å². The van der Waals surface area contributed by atoms with Crippen LogP contribution in [0.1, 0.15) is 41.9 Å². The van der Waals surface area contributed by atoms with Crippen molar-refractivity contribution in [3.05, 3.63) is 57.4 Å². The number of nitrogens with zero attached hydrogens (tertiary/aromatic N) is 3. The van der Waals surface area contributed by atoms with Gasteiger partial charge < -0.3 is 4.74 Å². The lowest BCUT2D eigenvalue weighted by molar-refractivity contribution is 0.0394. The van der Waals surface area contributed by atoms with E-state index in [1.807, 2.05) is 59.8 Å². The molecule has 2 aromatic rings. The zero-order valence-electron chi connectivity index (χ0n) is 12.9. The number of carbonyl (C=O) groups is 1. The number of carbonyl (C=O) groups excluding carboxylic acids is 1. The lowest BCUT2D eigenvalue weighted by Crippen LogP contribution is -2.24. The largest absolute Gasteiger partial charge is 0.461 e. The van der Waals surface area contributed by atoms with E-state index >= 15 is 0 Å². The number of esters is 1. The van der Waals surface area contributed by atoms with E-state index in [9.17, 15) is 4.79 Å². The summed E-state index contributed by atoms with van der Waals surface area (Å²) in [4.78, 5) is 12.5. The van der Waals surface area contributed by atoms with Crippen molar-refractivity contribution in [1.82, 2.24) is 15.0 Å². The van der Waals surface area contributed by atoms with Gasteiger partial charge in [0.2, 0.25) is 0 Å². The molecule has 1 fully saturated rings. The van der Waals surface area contributed by atoms with Gasteiger partial charge in [-0.2, -0.15) is 0 Å². The maximum Gasteiger partial charge on any atom is 0.359 e. The van der Waals surface area contributed by atoms with Crippen LogP contribution in [0.4, 0.5) is 0 Å². The quantitative estimate of drug-likeness (QED) is 0.419. The van der Waals surface area contributed by atoms with Gasteiger partial charge in [0.1, 0.15) is 0 Å². The predicted molar refractivity (Wildman–Crippen MR) is 95.1 cm³/mol. The van der Waals surface area contributed by atoms with E-state index in [0.29, 0.717) is 21.9 Å². The fraction of sp³-hybridized carbons (Fsp3) is 0.353. The molecule has 23 heavy (non-hydrogen) atoms. The van der Waals surface area contributed by atoms with Crippen molar-refractivity contribution >= 4 is 28.6 Å². The standard InChI is InChI=1S/C17H18IN3O2/c1-11-8-13(9-11)10-23-17(22)15-16(18)19-20-21(15)12(2)14-6-4-3-5-7-14/h3-7,12-13H,1,8-10H2,2H3/t12-/m1/s1. The molecule has 1 aliphatic carbocycles. The summed E-state index contributed by atoms with van der Waals surface area (Å²) < 4.78 is 7.66. The van der Waals surface area contributed by atoms with Crippen molar-refractivity contribution in [3.8, 4) is 0 Å². The topological polar surface area (TPSA) is 57.0 Å². The number of benzene rings is 1. The molecule has 0 N–H and O–H groups in total. The maximum absolute atomic E-state index is 12.5. The van der Waals surface area contributed by atoms with Crippen LogP contribution in [0.25, 0.3) is 0 Å². The molecule has 0 radical (unpaired) electrons. The summed E-state index contributed by atoms with van der Waals surface area (Å²) in [5.41, 5.74) is 2.71. The van der Waals surface area contributed by atoms with Crippen LogP contribution < -0.4 is 0 Å². The minimum absolute atomic E-state index is 0.0850. The molecular formula is C17H18IN3O2. The first-order valence-electron chi connectivity index (χ1n) is 7.55. The van der Waals surface area contributed by atoms with Crippen molar-refractivity contribution in [2.75, 3.05) is 6.61 Å². The molecular weight excluding hydrogens is 405 g/mol. The number of allylic oxidation sites excluding steroid dienone is 1. The minimum Gasteiger partial charge on any atom is -0.461 e. The Morgan fingerprint density at radius 2 is 2.13 bits per heavy atom. The average molecular weight is 423 g/mol. The van der Waals surface area contributed by atoms with E-state index in [1.54, 1.807) is 4.68 Å². The molecule has 0 spiro atoms. The molecule has 1 atom stereocenters. The van der Waals surface area contributed by atoms with Gasteiger partial charge in [0.05, 0.1) is 12.6 Å². The number of halogens is 1. The summed E-state index contributed by atoms with van der Waals surface area (Å²) in [6, 6.07) is 9.83. The third-order valence-corrected chi connectivity index (χ3v) is 4.83. The van der Waals surface area contributed by atoms with Crippen molar-refractivity contribution in [1.29, 1.82) is 0 Å². The van der Waals surface area contributed by atoms with Gasteiger partial charge in [0, 0.05) is 5.92 Å². The summed E-state index contributed by atoms with van der Waals surface area (Å²) in [6.45, 7) is 6.33. The predicted octanol–water partition coefficient (Wildman–Crippen LogP) is 3.62. The number of rotatable bonds is 5. The van der Waals surface area contributed by atoms with E-state index in [0.717, 1.165) is 18.4 Å². The molecule has 1 aromatic heterocycles. The number of aromatic nitrogens is 3. The zero-order valence-corrected chi connectivity index (χ0v) is 15.1. The van der Waals surface area contributed by atoms with Gasteiger partial charge in [-0.1, -0.05) is 47.7 Å². The maximum atomic E-state index is 12.5. The van der Waals surface area contributed by atoms with E-state index < -0.39 is 0 Å². The fourth-order valence-corrected chi connectivity index (χ4v) is 3.30. The highest BCUT2D eigenvalue weighted by Gasteiger charge is 2.27. The van der Waals surface area contributed by atoms with Crippen molar-refractivity contribution < 1.29 is 9.53 Å². The molecule has 1 aromatic carbocycles. The van der Waals surface area contributed by atoms with E-state index in [1.165, 1.54) is 5.57 Å². The smallest absolute Gasteiger partial charge is 0.359 e. The summed E-state index contributed by atoms with van der Waals surface area (Å²) in [7, 11) is 0. The second-order valence-corrected chi connectivity index (χ2v) is 6.90. The first-order chi connectivity index (χ1) is 11.1. The first kappa shape index (κ1) is 16.2. The number of hydrogen-bond acceptors (Lipinski definition) is 4. The summed E-state index contributed by atoms with van der Waals surface area (Å²) >= 11 is 2.02. The highest BCUT2D eigenvalue weighted by molar-refractivity contribution is 14.1. The van der Waals surface area contributed by atoms with Crippen LogP contribution in [0.5, 0.6) is 0 Å². The molecule has 3 rings (SSSR count). The number of hydrogen-bond donors (Lipinski definition) is 0. The van der Waals surface area contributed by atoms with Crippen LogP contribution in [-0.2, 0) is 4.74 Å². The fourth-order valence-electron chi connectivity index (χ4n) is 2.73. The molecule has 1 saturated carbocycles. The van der Waals surface area contributed by atoms with Crippen LogP contribution in [-0.4, -0.2) is 27.6 Å². The molecule has 0 aliphatic heterocycles. The molecule has 0 amide bonds. The van der Waals surface area contributed by atoms with Crippen LogP contribution in [0.3, 0.4) is 0 Å². The van der Waals surface area contributed by atoms with Crippen LogP contribution in [0.15, 0.2) is 42.5 Å². The molecule has 5 nitrogen and oxygen atoms in total. The highest BCUT2D eigenvalue weighted by atomic mass is 127. The minimum atomic E-state index is -0.361. The molecule has 6 heteroatoms. The first-order valence-corrected chi connectivity index (χ1v) is 8.63. The van der Waals surface area contributed by atoms with Crippen LogP contribution >= 0.6 is 22.6 Å². The molecule has 0 unspecified atom stereocenters. The van der Waals surface area contributed by atoms with E-state index in [4.69, 9.17) is 4.74 Å². The molecule has 0 bridgehead atoms. The second-order valence-electron chi connectivity index (χ2n) is 5.88. The van der Waals surface area contributed by atoms with Crippen LogP contribution in [0, 0.1) is 9.62 Å². The Hall–Kier alpha value is -1.70. The molecule has 120 valence electrons. The highest BCUT2D eigenvalue weighted by Crippen LogP contribution is 2.31. The Morgan fingerprint density at radius 1 is 1.43 bits per heavy atom.